The quantitative estimate of drug-likeness (QED) is 0.907. The van der Waals surface area contributed by atoms with Gasteiger partial charge in [0.05, 0.1) is 13.0 Å². The summed E-state index contributed by atoms with van der Waals surface area (Å²) < 4.78 is 37.8. The van der Waals surface area contributed by atoms with Gasteiger partial charge in [-0.15, -0.1) is 0 Å². The summed E-state index contributed by atoms with van der Waals surface area (Å²) >= 11 is 5.72. The van der Waals surface area contributed by atoms with Crippen LogP contribution < -0.4 is 5.32 Å². The van der Waals surface area contributed by atoms with Gasteiger partial charge >= 0.3 is 6.18 Å². The van der Waals surface area contributed by atoms with Crippen LogP contribution in [0.1, 0.15) is 18.0 Å². The number of halogens is 4. The van der Waals surface area contributed by atoms with Gasteiger partial charge in [-0.1, -0.05) is 23.7 Å². The number of hydrogen-bond donors (Lipinski definition) is 1. The number of likely N-dealkylation sites (N-methyl/N-ethyl adjacent to an activating group) is 1. The van der Waals surface area contributed by atoms with E-state index in [2.05, 4.69) is 5.32 Å². The molecule has 0 aromatic heterocycles. The SMILES string of the molecule is CN(C)C(=O)CN[C@H](CC(F)(F)F)c1ccc(Cl)cc1. The van der Waals surface area contributed by atoms with E-state index in [0.717, 1.165) is 0 Å². The number of rotatable bonds is 5. The van der Waals surface area contributed by atoms with Gasteiger partial charge in [-0.2, -0.15) is 13.2 Å². The summed E-state index contributed by atoms with van der Waals surface area (Å²) in [5.41, 5.74) is 0.443. The van der Waals surface area contributed by atoms with Crippen molar-refractivity contribution in [1.82, 2.24) is 10.2 Å². The second-order valence-corrected chi connectivity index (χ2v) is 5.03. The number of amides is 1. The van der Waals surface area contributed by atoms with E-state index in [1.807, 2.05) is 0 Å². The monoisotopic (exact) mass is 308 g/mol. The highest BCUT2D eigenvalue weighted by Crippen LogP contribution is 2.29. The topological polar surface area (TPSA) is 32.3 Å². The number of nitrogens with zero attached hydrogens (tertiary/aromatic N) is 1. The molecule has 112 valence electrons. The zero-order valence-corrected chi connectivity index (χ0v) is 11.9. The maximum atomic E-state index is 12.6. The van der Waals surface area contributed by atoms with Gasteiger partial charge in [-0.3, -0.25) is 4.79 Å². The first-order valence-electron chi connectivity index (χ1n) is 5.95. The molecule has 0 bridgehead atoms. The Hall–Kier alpha value is -1.27. The summed E-state index contributed by atoms with van der Waals surface area (Å²) in [4.78, 5) is 12.8. The Balaban J connectivity index is 2.80. The van der Waals surface area contributed by atoms with Crippen molar-refractivity contribution in [2.45, 2.75) is 18.6 Å². The van der Waals surface area contributed by atoms with Gasteiger partial charge in [0.1, 0.15) is 0 Å². The molecular formula is C13H16ClF3N2O. The van der Waals surface area contributed by atoms with Gasteiger partial charge in [0.2, 0.25) is 5.91 Å². The van der Waals surface area contributed by atoms with Crippen LogP contribution in [0.4, 0.5) is 13.2 Å². The van der Waals surface area contributed by atoms with Crippen molar-refractivity contribution in [3.8, 4) is 0 Å². The van der Waals surface area contributed by atoms with Crippen molar-refractivity contribution >= 4 is 17.5 Å². The Morgan fingerprint density at radius 3 is 2.30 bits per heavy atom. The molecule has 0 heterocycles. The molecule has 0 aliphatic rings. The third kappa shape index (κ3) is 5.79. The second-order valence-electron chi connectivity index (χ2n) is 4.59. The normalized spacial score (nSPS) is 13.1. The highest BCUT2D eigenvalue weighted by Gasteiger charge is 2.32. The molecule has 0 spiro atoms. The molecule has 1 amide bonds. The molecule has 0 fully saturated rings. The van der Waals surface area contributed by atoms with E-state index < -0.39 is 18.6 Å². The minimum Gasteiger partial charge on any atom is -0.348 e. The molecule has 7 heteroatoms. The Morgan fingerprint density at radius 1 is 1.30 bits per heavy atom. The standard InChI is InChI=1S/C13H16ClF3N2O/c1-19(2)12(20)8-18-11(7-13(15,16)17)9-3-5-10(14)6-4-9/h3-6,11,18H,7-8H2,1-2H3/t11-/m1/s1. The predicted molar refractivity (Wildman–Crippen MR) is 71.6 cm³/mol. The fourth-order valence-electron chi connectivity index (χ4n) is 1.60. The first kappa shape index (κ1) is 16.8. The van der Waals surface area contributed by atoms with Crippen molar-refractivity contribution in [1.29, 1.82) is 0 Å². The lowest BCUT2D eigenvalue weighted by atomic mass is 10.0. The highest BCUT2D eigenvalue weighted by atomic mass is 35.5. The van der Waals surface area contributed by atoms with Crippen LogP contribution in [-0.2, 0) is 4.79 Å². The van der Waals surface area contributed by atoms with Crippen molar-refractivity contribution in [3.63, 3.8) is 0 Å². The van der Waals surface area contributed by atoms with E-state index in [1.54, 1.807) is 14.1 Å². The lowest BCUT2D eigenvalue weighted by molar-refractivity contribution is -0.142. The number of nitrogens with one attached hydrogen (secondary N) is 1. The van der Waals surface area contributed by atoms with Crippen LogP contribution in [0.15, 0.2) is 24.3 Å². The van der Waals surface area contributed by atoms with E-state index in [9.17, 15) is 18.0 Å². The van der Waals surface area contributed by atoms with Gasteiger partial charge in [0, 0.05) is 25.2 Å². The Morgan fingerprint density at radius 2 is 1.85 bits per heavy atom. The van der Waals surface area contributed by atoms with E-state index >= 15 is 0 Å². The summed E-state index contributed by atoms with van der Waals surface area (Å²) in [6, 6.07) is 5.11. The van der Waals surface area contributed by atoms with Crippen LogP contribution in [-0.4, -0.2) is 37.6 Å². The Labute approximate surface area is 120 Å². The summed E-state index contributed by atoms with van der Waals surface area (Å²) in [6.45, 7) is -0.156. The average molecular weight is 309 g/mol. The van der Waals surface area contributed by atoms with Crippen LogP contribution >= 0.6 is 11.6 Å². The summed E-state index contributed by atoms with van der Waals surface area (Å²) in [5, 5.41) is 3.09. The molecule has 0 radical (unpaired) electrons. The zero-order valence-electron chi connectivity index (χ0n) is 11.2. The van der Waals surface area contributed by atoms with Crippen molar-refractivity contribution in [3.05, 3.63) is 34.9 Å². The number of benzene rings is 1. The maximum absolute atomic E-state index is 12.6. The molecule has 3 nitrogen and oxygen atoms in total. The molecule has 20 heavy (non-hydrogen) atoms. The summed E-state index contributed by atoms with van der Waals surface area (Å²) in [5.74, 6) is -0.286. The van der Waals surface area contributed by atoms with Crippen LogP contribution in [0.3, 0.4) is 0 Å². The fourth-order valence-corrected chi connectivity index (χ4v) is 1.73. The number of hydrogen-bond acceptors (Lipinski definition) is 2. The molecule has 1 atom stereocenters. The smallest absolute Gasteiger partial charge is 0.348 e. The van der Waals surface area contributed by atoms with Crippen LogP contribution in [0.2, 0.25) is 5.02 Å². The molecule has 0 saturated carbocycles. The number of alkyl halides is 3. The predicted octanol–water partition coefficient (Wildman–Crippen LogP) is 3.01. The molecule has 0 unspecified atom stereocenters. The van der Waals surface area contributed by atoms with E-state index in [0.29, 0.717) is 10.6 Å². The Bertz CT molecular complexity index is 446. The second kappa shape index (κ2) is 6.95. The van der Waals surface area contributed by atoms with E-state index in [4.69, 9.17) is 11.6 Å². The Kier molecular flexibility index (Phi) is 5.83. The van der Waals surface area contributed by atoms with Crippen molar-refractivity contribution in [2.75, 3.05) is 20.6 Å². The fraction of sp³-hybridized carbons (Fsp3) is 0.462. The molecule has 1 aromatic carbocycles. The van der Waals surface area contributed by atoms with Crippen molar-refractivity contribution < 1.29 is 18.0 Å². The largest absolute Gasteiger partial charge is 0.390 e. The van der Waals surface area contributed by atoms with Gasteiger partial charge < -0.3 is 10.2 Å². The summed E-state index contributed by atoms with van der Waals surface area (Å²) in [7, 11) is 3.09. The van der Waals surface area contributed by atoms with E-state index in [1.165, 1.54) is 29.2 Å². The highest BCUT2D eigenvalue weighted by molar-refractivity contribution is 6.30. The van der Waals surface area contributed by atoms with Gasteiger partial charge in [0.25, 0.3) is 0 Å². The maximum Gasteiger partial charge on any atom is 0.390 e. The van der Waals surface area contributed by atoms with Gasteiger partial charge in [-0.25, -0.2) is 0 Å². The van der Waals surface area contributed by atoms with Crippen LogP contribution in [0, 0.1) is 0 Å². The molecular weight excluding hydrogens is 293 g/mol. The third-order valence-corrected chi connectivity index (χ3v) is 2.96. The van der Waals surface area contributed by atoms with Crippen LogP contribution in [0.25, 0.3) is 0 Å². The number of carbonyl (C=O) groups excluding carboxylic acids is 1. The van der Waals surface area contributed by atoms with Gasteiger partial charge in [-0.05, 0) is 17.7 Å². The lowest BCUT2D eigenvalue weighted by Gasteiger charge is -2.21. The van der Waals surface area contributed by atoms with Crippen LogP contribution in [0.5, 0.6) is 0 Å². The molecule has 1 N–H and O–H groups in total. The third-order valence-electron chi connectivity index (χ3n) is 2.71. The average Bonchev–Trinajstić information content (AvgIpc) is 2.33. The minimum absolute atomic E-state index is 0.156. The lowest BCUT2D eigenvalue weighted by Crippen LogP contribution is -2.36. The molecule has 0 aliphatic heterocycles. The summed E-state index contributed by atoms with van der Waals surface area (Å²) in [6.07, 6.45) is -5.37. The first-order chi connectivity index (χ1) is 9.19. The van der Waals surface area contributed by atoms with Gasteiger partial charge in [0.15, 0.2) is 0 Å². The first-order valence-corrected chi connectivity index (χ1v) is 6.32. The minimum atomic E-state index is -4.32. The van der Waals surface area contributed by atoms with E-state index in [-0.39, 0.29) is 12.5 Å². The molecule has 0 saturated heterocycles. The number of carbonyl (C=O) groups is 1. The molecule has 1 aromatic rings. The van der Waals surface area contributed by atoms with Crippen molar-refractivity contribution in [2.24, 2.45) is 0 Å². The zero-order chi connectivity index (χ0) is 15.3. The molecule has 0 aliphatic carbocycles. The molecule has 1 rings (SSSR count).